The van der Waals surface area contributed by atoms with Crippen molar-refractivity contribution in [1.82, 2.24) is 9.80 Å². The molecule has 3 aromatic carbocycles. The minimum atomic E-state index is -1.46. The second-order valence-corrected chi connectivity index (χ2v) is 13.5. The Bertz CT molecular complexity index is 1740. The summed E-state index contributed by atoms with van der Waals surface area (Å²) in [5.74, 6) is -2.84. The Hall–Kier alpha value is -4.24. The predicted molar refractivity (Wildman–Crippen MR) is 180 cm³/mol. The van der Waals surface area contributed by atoms with E-state index in [1.165, 1.54) is 4.90 Å². The lowest BCUT2D eigenvalue weighted by Gasteiger charge is -2.40. The van der Waals surface area contributed by atoms with Crippen LogP contribution in [0.4, 0.5) is 5.69 Å². The quantitative estimate of drug-likeness (QED) is 0.374. The van der Waals surface area contributed by atoms with E-state index in [2.05, 4.69) is 0 Å². The number of benzene rings is 3. The van der Waals surface area contributed by atoms with E-state index in [-0.39, 0.29) is 30.9 Å². The summed E-state index contributed by atoms with van der Waals surface area (Å²) >= 11 is 6.71. The lowest BCUT2D eigenvalue weighted by Crippen LogP contribution is -2.59. The number of carbonyl (C=O) groups excluding carboxylic acids is 3. The summed E-state index contributed by atoms with van der Waals surface area (Å²) in [7, 11) is 0. The molecule has 4 heterocycles. The summed E-state index contributed by atoms with van der Waals surface area (Å²) in [5.41, 5.74) is 0.642. The minimum absolute atomic E-state index is 0.202. The zero-order valence-corrected chi connectivity index (χ0v) is 27.2. The van der Waals surface area contributed by atoms with Crippen LogP contribution >= 0.6 is 11.6 Å². The molecule has 1 unspecified atom stereocenters. The standard InChI is InChI=1S/C38H38ClN3O5/c1-25-12-9-17-29(39)32(25)41-21-11-19-38-31(35(45)42(33(38)36(41)46)28(24-43)22-26-13-5-3-6-14-26)30-34(44)40(20-10-18-37(30,2)47-38)23-27-15-7-4-8-16-27/h3-19,28,30-31,33,43H,20-24H2,1-2H3/t28-,30-,31+,33?,37+,38+/m1/s1. The molecule has 0 radical (unpaired) electrons. The van der Waals surface area contributed by atoms with Crippen molar-refractivity contribution in [2.24, 2.45) is 11.8 Å². The number of aliphatic hydroxyl groups excluding tert-OH is 1. The fraction of sp³-hybridized carbons (Fsp3) is 0.342. The molecular weight excluding hydrogens is 614 g/mol. The fourth-order valence-corrected chi connectivity index (χ4v) is 8.48. The highest BCUT2D eigenvalue weighted by molar-refractivity contribution is 6.34. The maximum absolute atomic E-state index is 15.0. The molecule has 3 amide bonds. The summed E-state index contributed by atoms with van der Waals surface area (Å²) in [6.45, 7) is 4.30. The van der Waals surface area contributed by atoms with E-state index < -0.39 is 35.1 Å². The molecule has 6 atom stereocenters. The van der Waals surface area contributed by atoms with Crippen molar-refractivity contribution in [2.75, 3.05) is 24.6 Å². The highest BCUT2D eigenvalue weighted by atomic mass is 35.5. The average Bonchev–Trinajstić information content (AvgIpc) is 3.35. The number of likely N-dealkylation sites (tertiary alicyclic amines) is 1. The number of carbonyl (C=O) groups is 3. The van der Waals surface area contributed by atoms with Crippen LogP contribution in [0, 0.1) is 18.8 Å². The zero-order chi connectivity index (χ0) is 32.9. The van der Waals surface area contributed by atoms with Gasteiger partial charge in [-0.2, -0.15) is 0 Å². The molecule has 4 aliphatic rings. The third-order valence-corrected chi connectivity index (χ3v) is 10.5. The fourth-order valence-electron chi connectivity index (χ4n) is 8.15. The lowest BCUT2D eigenvalue weighted by molar-refractivity contribution is -0.151. The minimum Gasteiger partial charge on any atom is -0.394 e. The zero-order valence-electron chi connectivity index (χ0n) is 26.5. The van der Waals surface area contributed by atoms with Gasteiger partial charge in [0.05, 0.1) is 40.8 Å². The van der Waals surface area contributed by atoms with Crippen LogP contribution in [0.2, 0.25) is 5.02 Å². The molecule has 47 heavy (non-hydrogen) atoms. The Morgan fingerprint density at radius 2 is 1.53 bits per heavy atom. The molecule has 0 aromatic heterocycles. The van der Waals surface area contributed by atoms with Gasteiger partial charge < -0.3 is 24.5 Å². The molecule has 3 aromatic rings. The van der Waals surface area contributed by atoms with Gasteiger partial charge in [0.1, 0.15) is 11.6 Å². The van der Waals surface area contributed by atoms with Crippen molar-refractivity contribution in [3.8, 4) is 0 Å². The van der Waals surface area contributed by atoms with Crippen molar-refractivity contribution in [3.05, 3.63) is 125 Å². The first-order valence-corrected chi connectivity index (χ1v) is 16.5. The van der Waals surface area contributed by atoms with Gasteiger partial charge in [-0.25, -0.2) is 0 Å². The van der Waals surface area contributed by atoms with Crippen LogP contribution < -0.4 is 4.90 Å². The Labute approximate surface area is 279 Å². The summed E-state index contributed by atoms with van der Waals surface area (Å²) in [4.78, 5) is 49.5. The number of hydrogen-bond acceptors (Lipinski definition) is 5. The van der Waals surface area contributed by atoms with Crippen molar-refractivity contribution in [1.29, 1.82) is 0 Å². The second kappa shape index (κ2) is 12.1. The van der Waals surface area contributed by atoms with Crippen LogP contribution in [0.3, 0.4) is 0 Å². The van der Waals surface area contributed by atoms with E-state index in [0.29, 0.717) is 30.2 Å². The molecule has 0 bridgehead atoms. The molecule has 0 aliphatic carbocycles. The van der Waals surface area contributed by atoms with Gasteiger partial charge in [-0.05, 0) is 43.0 Å². The first-order chi connectivity index (χ1) is 22.7. The number of halogens is 1. The maximum atomic E-state index is 15.0. The molecule has 8 nitrogen and oxygen atoms in total. The number of nitrogens with zero attached hydrogens (tertiary/aromatic N) is 3. The largest absolute Gasteiger partial charge is 0.394 e. The van der Waals surface area contributed by atoms with Gasteiger partial charge in [0.15, 0.2) is 0 Å². The van der Waals surface area contributed by atoms with Gasteiger partial charge in [0, 0.05) is 19.6 Å². The summed E-state index contributed by atoms with van der Waals surface area (Å²) in [6, 6.07) is 22.9. The highest BCUT2D eigenvalue weighted by Gasteiger charge is 2.75. The van der Waals surface area contributed by atoms with Gasteiger partial charge >= 0.3 is 0 Å². The van der Waals surface area contributed by atoms with Crippen LogP contribution in [-0.4, -0.2) is 75.6 Å². The average molecular weight is 652 g/mol. The van der Waals surface area contributed by atoms with Crippen LogP contribution in [-0.2, 0) is 32.1 Å². The number of anilines is 1. The molecule has 9 heteroatoms. The van der Waals surface area contributed by atoms with Crippen molar-refractivity contribution in [3.63, 3.8) is 0 Å². The SMILES string of the molecule is Cc1cccc(Cl)c1N1CC=C[C@]23O[C@@]4(C)C=CCN(Cc5ccccc5)C(=O)[C@H]4[C@H]2C(=O)N([C@@H](CO)Cc2ccccc2)C3C1=O. The number of aryl methyl sites for hydroxylation is 1. The Balaban J connectivity index is 1.36. The number of fused-ring (bicyclic) bond motifs is 2. The van der Waals surface area contributed by atoms with Crippen molar-refractivity contribution in [2.45, 2.75) is 50.1 Å². The number of aliphatic hydroxyl groups is 1. The second-order valence-electron chi connectivity index (χ2n) is 13.1. The molecule has 0 saturated carbocycles. The number of ether oxygens (including phenoxy) is 1. The van der Waals surface area contributed by atoms with Gasteiger partial charge in [-0.15, -0.1) is 0 Å². The van der Waals surface area contributed by atoms with Gasteiger partial charge in [0.25, 0.3) is 5.91 Å². The van der Waals surface area contributed by atoms with E-state index in [4.69, 9.17) is 16.3 Å². The van der Waals surface area contributed by atoms with E-state index in [9.17, 15) is 9.90 Å². The first-order valence-electron chi connectivity index (χ1n) is 16.1. The Morgan fingerprint density at radius 1 is 0.851 bits per heavy atom. The van der Waals surface area contributed by atoms with Gasteiger partial charge in [0.2, 0.25) is 11.8 Å². The third-order valence-electron chi connectivity index (χ3n) is 10.2. The highest BCUT2D eigenvalue weighted by Crippen LogP contribution is 2.58. The Morgan fingerprint density at radius 3 is 2.21 bits per heavy atom. The van der Waals surface area contributed by atoms with Crippen LogP contribution in [0.15, 0.2) is 103 Å². The molecule has 2 fully saturated rings. The van der Waals surface area contributed by atoms with E-state index in [0.717, 1.165) is 16.7 Å². The maximum Gasteiger partial charge on any atom is 0.253 e. The van der Waals surface area contributed by atoms with Crippen molar-refractivity contribution >= 4 is 35.0 Å². The van der Waals surface area contributed by atoms with Crippen LogP contribution in [0.5, 0.6) is 0 Å². The first kappa shape index (κ1) is 31.4. The van der Waals surface area contributed by atoms with Gasteiger partial charge in [-0.1, -0.05) is 109 Å². The number of amides is 3. The molecule has 2 saturated heterocycles. The van der Waals surface area contributed by atoms with Crippen LogP contribution in [0.1, 0.15) is 23.6 Å². The number of hydrogen-bond donors (Lipinski definition) is 1. The molecule has 1 spiro atoms. The molecule has 1 N–H and O–H groups in total. The smallest absolute Gasteiger partial charge is 0.253 e. The topological polar surface area (TPSA) is 90.4 Å². The normalized spacial score (nSPS) is 29.0. The predicted octanol–water partition coefficient (Wildman–Crippen LogP) is 4.72. The van der Waals surface area contributed by atoms with E-state index in [1.54, 1.807) is 15.9 Å². The molecule has 4 aliphatic heterocycles. The summed E-state index contributed by atoms with van der Waals surface area (Å²) in [6.07, 6.45) is 7.79. The van der Waals surface area contributed by atoms with E-state index in [1.807, 2.05) is 111 Å². The van der Waals surface area contributed by atoms with E-state index >= 15 is 9.59 Å². The van der Waals surface area contributed by atoms with Crippen molar-refractivity contribution < 1.29 is 24.2 Å². The monoisotopic (exact) mass is 651 g/mol. The lowest BCUT2D eigenvalue weighted by atomic mass is 9.74. The van der Waals surface area contributed by atoms with Gasteiger partial charge in [-0.3, -0.25) is 14.4 Å². The Kier molecular flexibility index (Phi) is 8.07. The van der Waals surface area contributed by atoms with Crippen LogP contribution in [0.25, 0.3) is 0 Å². The molecular formula is C38H38ClN3O5. The number of rotatable bonds is 7. The summed E-state index contributed by atoms with van der Waals surface area (Å²) in [5, 5.41) is 11.3. The summed E-state index contributed by atoms with van der Waals surface area (Å²) < 4.78 is 7.01. The molecule has 7 rings (SSSR count). The molecule has 242 valence electrons. The third kappa shape index (κ3) is 5.10. The number of para-hydroxylation sites is 1.